The summed E-state index contributed by atoms with van der Waals surface area (Å²) in [5.41, 5.74) is 2.66. The van der Waals surface area contributed by atoms with Gasteiger partial charge in [-0.2, -0.15) is 0 Å². The monoisotopic (exact) mass is 321 g/mol. The number of amides is 1. The van der Waals surface area contributed by atoms with Crippen LogP contribution in [-0.2, 0) is 13.0 Å². The van der Waals surface area contributed by atoms with E-state index in [1.54, 1.807) is 0 Å². The third kappa shape index (κ3) is 2.33. The van der Waals surface area contributed by atoms with Crippen LogP contribution in [0.4, 0.5) is 0 Å². The van der Waals surface area contributed by atoms with Crippen LogP contribution in [0.5, 0.6) is 0 Å². The average Bonchev–Trinajstić information content (AvgIpc) is 3.29. The minimum Gasteiger partial charge on any atom is -0.448 e. The smallest absolute Gasteiger partial charge is 0.277 e. The van der Waals surface area contributed by atoms with Crippen LogP contribution in [0.2, 0.25) is 0 Å². The number of carbonyl (C=O) groups excluding carboxylic acids is 1. The van der Waals surface area contributed by atoms with E-state index in [1.165, 1.54) is 6.39 Å². The van der Waals surface area contributed by atoms with Crippen LogP contribution in [-0.4, -0.2) is 26.9 Å². The van der Waals surface area contributed by atoms with Crippen molar-refractivity contribution in [2.75, 3.05) is 6.54 Å². The van der Waals surface area contributed by atoms with E-state index in [1.807, 2.05) is 36.1 Å². The van der Waals surface area contributed by atoms with Crippen molar-refractivity contribution < 1.29 is 9.21 Å². The molecule has 1 amide bonds. The van der Waals surface area contributed by atoms with Gasteiger partial charge in [-0.25, -0.2) is 4.98 Å². The van der Waals surface area contributed by atoms with Crippen molar-refractivity contribution in [3.63, 3.8) is 0 Å². The molecule has 0 bridgehead atoms. The van der Waals surface area contributed by atoms with Crippen LogP contribution in [0.3, 0.4) is 0 Å². The average molecular weight is 321 g/mol. The number of aromatic nitrogens is 2. The van der Waals surface area contributed by atoms with Crippen molar-refractivity contribution in [3.8, 4) is 0 Å². The Morgan fingerprint density at radius 1 is 1.21 bits per heavy atom. The van der Waals surface area contributed by atoms with Gasteiger partial charge >= 0.3 is 0 Å². The SMILES string of the molecule is CCc1ocnc1C(=O)N1CCn2cccc2[C@H]1c1ccccc1. The highest BCUT2D eigenvalue weighted by Gasteiger charge is 2.34. The Morgan fingerprint density at radius 2 is 2.04 bits per heavy atom. The molecule has 2 aromatic heterocycles. The van der Waals surface area contributed by atoms with E-state index in [2.05, 4.69) is 33.9 Å². The maximum Gasteiger partial charge on any atom is 0.277 e. The van der Waals surface area contributed by atoms with Gasteiger partial charge in [0, 0.05) is 31.4 Å². The van der Waals surface area contributed by atoms with E-state index in [0.29, 0.717) is 24.4 Å². The second-order valence-electron chi connectivity index (χ2n) is 5.92. The maximum absolute atomic E-state index is 13.2. The van der Waals surface area contributed by atoms with Crippen LogP contribution < -0.4 is 0 Å². The molecule has 1 atom stereocenters. The molecule has 0 saturated carbocycles. The second kappa shape index (κ2) is 6.00. The Bertz CT molecular complexity index is 850. The Labute approximate surface area is 140 Å². The minimum absolute atomic E-state index is 0.0677. The Hall–Kier alpha value is -2.82. The van der Waals surface area contributed by atoms with Crippen molar-refractivity contribution in [1.82, 2.24) is 14.5 Å². The maximum atomic E-state index is 13.2. The fourth-order valence-electron chi connectivity index (χ4n) is 3.42. The molecule has 3 heterocycles. The topological polar surface area (TPSA) is 51.3 Å². The number of oxazole rings is 1. The molecule has 3 aromatic rings. The predicted molar refractivity (Wildman–Crippen MR) is 89.6 cm³/mol. The quantitative estimate of drug-likeness (QED) is 0.744. The van der Waals surface area contributed by atoms with Crippen molar-refractivity contribution in [3.05, 3.63) is 77.8 Å². The number of fused-ring (bicyclic) bond motifs is 1. The summed E-state index contributed by atoms with van der Waals surface area (Å²) in [7, 11) is 0. The zero-order valence-corrected chi connectivity index (χ0v) is 13.6. The Morgan fingerprint density at radius 3 is 2.83 bits per heavy atom. The Kier molecular flexibility index (Phi) is 3.69. The highest BCUT2D eigenvalue weighted by atomic mass is 16.3. The molecule has 1 aromatic carbocycles. The van der Waals surface area contributed by atoms with E-state index >= 15 is 0 Å². The standard InChI is InChI=1S/C19H19N3O2/c1-2-16-17(20-13-24-16)19(23)22-12-11-21-10-6-9-15(21)18(22)14-7-4-3-5-8-14/h3-10,13,18H,2,11-12H2,1H3/t18-/m1/s1. The molecule has 0 fully saturated rings. The largest absolute Gasteiger partial charge is 0.448 e. The molecule has 0 aliphatic carbocycles. The molecule has 5 heteroatoms. The zero-order valence-electron chi connectivity index (χ0n) is 13.6. The lowest BCUT2D eigenvalue weighted by Crippen LogP contribution is -2.42. The molecule has 1 aliphatic heterocycles. The Balaban J connectivity index is 1.78. The van der Waals surface area contributed by atoms with Crippen LogP contribution >= 0.6 is 0 Å². The molecular weight excluding hydrogens is 302 g/mol. The lowest BCUT2D eigenvalue weighted by atomic mass is 9.99. The van der Waals surface area contributed by atoms with Crippen molar-refractivity contribution in [2.45, 2.75) is 25.9 Å². The summed E-state index contributed by atoms with van der Waals surface area (Å²) in [6.07, 6.45) is 4.08. The first kappa shape index (κ1) is 14.8. The van der Waals surface area contributed by atoms with Gasteiger partial charge in [0.1, 0.15) is 5.76 Å². The van der Waals surface area contributed by atoms with Gasteiger partial charge in [-0.3, -0.25) is 4.79 Å². The van der Waals surface area contributed by atoms with Crippen LogP contribution in [0.15, 0.2) is 59.5 Å². The van der Waals surface area contributed by atoms with Gasteiger partial charge in [0.15, 0.2) is 12.1 Å². The summed E-state index contributed by atoms with van der Waals surface area (Å²) < 4.78 is 7.57. The number of aryl methyl sites for hydroxylation is 1. The fraction of sp³-hybridized carbons (Fsp3) is 0.263. The van der Waals surface area contributed by atoms with Crippen LogP contribution in [0.25, 0.3) is 0 Å². The first-order valence-corrected chi connectivity index (χ1v) is 8.23. The van der Waals surface area contributed by atoms with Crippen LogP contribution in [0.1, 0.15) is 40.5 Å². The van der Waals surface area contributed by atoms with Crippen molar-refractivity contribution in [2.24, 2.45) is 0 Å². The van der Waals surface area contributed by atoms with Gasteiger partial charge in [0.25, 0.3) is 5.91 Å². The van der Waals surface area contributed by atoms with E-state index in [4.69, 9.17) is 4.42 Å². The van der Waals surface area contributed by atoms with Crippen LogP contribution in [0, 0.1) is 0 Å². The fourth-order valence-corrected chi connectivity index (χ4v) is 3.42. The lowest BCUT2D eigenvalue weighted by molar-refractivity contribution is 0.0656. The van der Waals surface area contributed by atoms with Gasteiger partial charge < -0.3 is 13.9 Å². The number of benzene rings is 1. The first-order valence-electron chi connectivity index (χ1n) is 8.23. The molecule has 1 aliphatic rings. The molecule has 122 valence electrons. The van der Waals surface area contributed by atoms with Gasteiger partial charge in [-0.05, 0) is 17.7 Å². The van der Waals surface area contributed by atoms with E-state index in [0.717, 1.165) is 17.8 Å². The number of nitrogens with zero attached hydrogens (tertiary/aromatic N) is 3. The van der Waals surface area contributed by atoms with Crippen molar-refractivity contribution >= 4 is 5.91 Å². The highest BCUT2D eigenvalue weighted by Crippen LogP contribution is 2.33. The predicted octanol–water partition coefficient (Wildman–Crippen LogP) is 3.28. The van der Waals surface area contributed by atoms with Gasteiger partial charge in [0.05, 0.1) is 6.04 Å². The molecule has 5 nitrogen and oxygen atoms in total. The highest BCUT2D eigenvalue weighted by molar-refractivity contribution is 5.93. The summed E-state index contributed by atoms with van der Waals surface area (Å²) in [5.74, 6) is 0.578. The van der Waals surface area contributed by atoms with Gasteiger partial charge in [0.2, 0.25) is 0 Å². The zero-order chi connectivity index (χ0) is 16.5. The normalized spacial score (nSPS) is 16.9. The summed E-state index contributed by atoms with van der Waals surface area (Å²) in [6.45, 7) is 3.40. The summed E-state index contributed by atoms with van der Waals surface area (Å²) >= 11 is 0. The minimum atomic E-state index is -0.108. The third-order valence-corrected chi connectivity index (χ3v) is 4.58. The summed E-state index contributed by atoms with van der Waals surface area (Å²) in [5, 5.41) is 0. The van der Waals surface area contributed by atoms with Gasteiger partial charge in [-0.1, -0.05) is 37.3 Å². The lowest BCUT2D eigenvalue weighted by Gasteiger charge is -2.37. The molecule has 0 radical (unpaired) electrons. The van der Waals surface area contributed by atoms with E-state index in [9.17, 15) is 4.79 Å². The summed E-state index contributed by atoms with van der Waals surface area (Å²) in [6, 6.07) is 14.1. The van der Waals surface area contributed by atoms with E-state index in [-0.39, 0.29) is 11.9 Å². The molecule has 0 unspecified atom stereocenters. The first-order chi connectivity index (χ1) is 11.8. The molecule has 0 N–H and O–H groups in total. The molecular formula is C19H19N3O2. The molecule has 4 rings (SSSR count). The molecule has 0 saturated heterocycles. The molecule has 0 spiro atoms. The number of hydrogen-bond acceptors (Lipinski definition) is 3. The second-order valence-corrected chi connectivity index (χ2v) is 5.92. The third-order valence-electron chi connectivity index (χ3n) is 4.58. The number of carbonyl (C=O) groups is 1. The summed E-state index contributed by atoms with van der Waals surface area (Å²) in [4.78, 5) is 19.2. The number of hydrogen-bond donors (Lipinski definition) is 0. The van der Waals surface area contributed by atoms with Gasteiger partial charge in [-0.15, -0.1) is 0 Å². The molecule has 24 heavy (non-hydrogen) atoms. The van der Waals surface area contributed by atoms with E-state index < -0.39 is 0 Å². The van der Waals surface area contributed by atoms with Crippen molar-refractivity contribution in [1.29, 1.82) is 0 Å². The number of rotatable bonds is 3.